The molecule has 0 heterocycles. The van der Waals surface area contributed by atoms with Crippen LogP contribution < -0.4 is 10.6 Å². The van der Waals surface area contributed by atoms with E-state index in [1.807, 2.05) is 14.0 Å². The minimum atomic E-state index is 0. The molecule has 94 valence electrons. The molecule has 0 bridgehead atoms. The SMILES string of the molecule is CC=CCCNC(=NC)NC1CCCC1.I. The lowest BCUT2D eigenvalue weighted by atomic mass is 10.2. The Morgan fingerprint density at radius 2 is 2.06 bits per heavy atom. The third-order valence-corrected chi connectivity index (χ3v) is 2.76. The molecule has 4 heteroatoms. The zero-order valence-electron chi connectivity index (χ0n) is 10.3. The third-order valence-electron chi connectivity index (χ3n) is 2.76. The Balaban J connectivity index is 0.00000225. The fourth-order valence-corrected chi connectivity index (χ4v) is 1.90. The summed E-state index contributed by atoms with van der Waals surface area (Å²) in [5, 5.41) is 6.78. The van der Waals surface area contributed by atoms with Crippen LogP contribution in [0.5, 0.6) is 0 Å². The van der Waals surface area contributed by atoms with Gasteiger partial charge in [0.25, 0.3) is 0 Å². The Morgan fingerprint density at radius 1 is 1.38 bits per heavy atom. The van der Waals surface area contributed by atoms with Gasteiger partial charge >= 0.3 is 0 Å². The average Bonchev–Trinajstić information content (AvgIpc) is 2.75. The maximum Gasteiger partial charge on any atom is 0.191 e. The highest BCUT2D eigenvalue weighted by Gasteiger charge is 2.15. The summed E-state index contributed by atoms with van der Waals surface area (Å²) in [5.41, 5.74) is 0. The summed E-state index contributed by atoms with van der Waals surface area (Å²) in [6, 6.07) is 0.637. The van der Waals surface area contributed by atoms with Crippen LogP contribution in [0.1, 0.15) is 39.0 Å². The maximum absolute atomic E-state index is 4.22. The highest BCUT2D eigenvalue weighted by Crippen LogP contribution is 2.17. The van der Waals surface area contributed by atoms with Gasteiger partial charge in [0.05, 0.1) is 0 Å². The second-order valence-corrected chi connectivity index (χ2v) is 3.98. The van der Waals surface area contributed by atoms with E-state index in [1.54, 1.807) is 0 Å². The predicted octanol–water partition coefficient (Wildman–Crippen LogP) is 2.68. The molecular formula is C12H24IN3. The van der Waals surface area contributed by atoms with Gasteiger partial charge in [0, 0.05) is 19.6 Å². The van der Waals surface area contributed by atoms with Gasteiger partial charge in [-0.05, 0) is 26.2 Å². The average molecular weight is 337 g/mol. The first-order chi connectivity index (χ1) is 7.36. The van der Waals surface area contributed by atoms with E-state index < -0.39 is 0 Å². The van der Waals surface area contributed by atoms with E-state index in [1.165, 1.54) is 25.7 Å². The normalized spacial score (nSPS) is 17.5. The largest absolute Gasteiger partial charge is 0.356 e. The van der Waals surface area contributed by atoms with Gasteiger partial charge in [-0.2, -0.15) is 0 Å². The molecule has 2 N–H and O–H groups in total. The highest BCUT2D eigenvalue weighted by molar-refractivity contribution is 14.0. The van der Waals surface area contributed by atoms with Crippen molar-refractivity contribution in [3.8, 4) is 0 Å². The predicted molar refractivity (Wildman–Crippen MR) is 81.6 cm³/mol. The van der Waals surface area contributed by atoms with Crippen molar-refractivity contribution >= 4 is 29.9 Å². The summed E-state index contributed by atoms with van der Waals surface area (Å²) >= 11 is 0. The smallest absolute Gasteiger partial charge is 0.191 e. The number of guanidine groups is 1. The molecule has 0 saturated heterocycles. The van der Waals surface area contributed by atoms with Crippen LogP contribution in [0, 0.1) is 0 Å². The topological polar surface area (TPSA) is 36.4 Å². The molecule has 1 rings (SSSR count). The van der Waals surface area contributed by atoms with Gasteiger partial charge in [0.2, 0.25) is 0 Å². The molecule has 3 nitrogen and oxygen atoms in total. The van der Waals surface area contributed by atoms with Crippen molar-refractivity contribution in [3.05, 3.63) is 12.2 Å². The molecule has 1 fully saturated rings. The molecule has 1 aliphatic carbocycles. The summed E-state index contributed by atoms with van der Waals surface area (Å²) < 4.78 is 0. The van der Waals surface area contributed by atoms with Crippen LogP contribution in [-0.4, -0.2) is 25.6 Å². The van der Waals surface area contributed by atoms with Crippen molar-refractivity contribution in [2.75, 3.05) is 13.6 Å². The van der Waals surface area contributed by atoms with Gasteiger partial charge < -0.3 is 10.6 Å². The quantitative estimate of drug-likeness (QED) is 0.272. The fraction of sp³-hybridized carbons (Fsp3) is 0.750. The summed E-state index contributed by atoms with van der Waals surface area (Å²) in [4.78, 5) is 4.22. The molecule has 0 aliphatic heterocycles. The van der Waals surface area contributed by atoms with Crippen LogP contribution in [0.3, 0.4) is 0 Å². The maximum atomic E-state index is 4.22. The zero-order chi connectivity index (χ0) is 10.9. The van der Waals surface area contributed by atoms with Crippen LogP contribution in [0.4, 0.5) is 0 Å². The molecule has 0 aromatic rings. The van der Waals surface area contributed by atoms with Gasteiger partial charge in [0.1, 0.15) is 0 Å². The number of nitrogens with zero attached hydrogens (tertiary/aromatic N) is 1. The first-order valence-electron chi connectivity index (χ1n) is 5.95. The molecule has 0 atom stereocenters. The van der Waals surface area contributed by atoms with Crippen molar-refractivity contribution in [1.29, 1.82) is 0 Å². The van der Waals surface area contributed by atoms with E-state index in [0.717, 1.165) is 18.9 Å². The first kappa shape index (κ1) is 15.7. The number of nitrogens with one attached hydrogen (secondary N) is 2. The molecule has 1 saturated carbocycles. The number of hydrogen-bond donors (Lipinski definition) is 2. The lowest BCUT2D eigenvalue weighted by molar-refractivity contribution is 0.614. The van der Waals surface area contributed by atoms with Crippen LogP contribution in [0.15, 0.2) is 17.1 Å². The van der Waals surface area contributed by atoms with Crippen molar-refractivity contribution < 1.29 is 0 Å². The van der Waals surface area contributed by atoms with E-state index >= 15 is 0 Å². The van der Waals surface area contributed by atoms with Gasteiger partial charge in [-0.1, -0.05) is 25.0 Å². The summed E-state index contributed by atoms with van der Waals surface area (Å²) in [5.74, 6) is 0.950. The Morgan fingerprint density at radius 3 is 2.62 bits per heavy atom. The van der Waals surface area contributed by atoms with Crippen molar-refractivity contribution in [3.63, 3.8) is 0 Å². The lowest BCUT2D eigenvalue weighted by Gasteiger charge is -2.16. The lowest BCUT2D eigenvalue weighted by Crippen LogP contribution is -2.42. The van der Waals surface area contributed by atoms with Gasteiger partial charge in [-0.3, -0.25) is 4.99 Å². The standard InChI is InChI=1S/C12H23N3.HI/c1-3-4-7-10-14-12(13-2)15-11-8-5-6-9-11;/h3-4,11H,5-10H2,1-2H3,(H2,13,14,15);1H. The number of halogens is 1. The number of hydrogen-bond acceptors (Lipinski definition) is 1. The fourth-order valence-electron chi connectivity index (χ4n) is 1.90. The third kappa shape index (κ3) is 6.35. The van der Waals surface area contributed by atoms with Crippen LogP contribution in [0.2, 0.25) is 0 Å². The zero-order valence-corrected chi connectivity index (χ0v) is 12.7. The summed E-state index contributed by atoms with van der Waals surface area (Å²) in [7, 11) is 1.83. The molecule has 0 aromatic carbocycles. The second-order valence-electron chi connectivity index (χ2n) is 3.98. The molecule has 0 radical (unpaired) electrons. The molecule has 0 aromatic heterocycles. The van der Waals surface area contributed by atoms with E-state index in [2.05, 4.69) is 27.8 Å². The minimum Gasteiger partial charge on any atom is -0.356 e. The second kappa shape index (κ2) is 9.93. The van der Waals surface area contributed by atoms with Crippen LogP contribution in [-0.2, 0) is 0 Å². The van der Waals surface area contributed by atoms with E-state index in [4.69, 9.17) is 0 Å². The van der Waals surface area contributed by atoms with E-state index in [0.29, 0.717) is 6.04 Å². The Kier molecular flexibility index (Phi) is 9.77. The Bertz CT molecular complexity index is 220. The minimum absolute atomic E-state index is 0. The van der Waals surface area contributed by atoms with Crippen molar-refractivity contribution in [1.82, 2.24) is 10.6 Å². The first-order valence-corrected chi connectivity index (χ1v) is 5.95. The molecular weight excluding hydrogens is 313 g/mol. The van der Waals surface area contributed by atoms with Gasteiger partial charge in [0.15, 0.2) is 5.96 Å². The molecule has 0 unspecified atom stereocenters. The monoisotopic (exact) mass is 337 g/mol. The van der Waals surface area contributed by atoms with Crippen molar-refractivity contribution in [2.45, 2.75) is 45.1 Å². The molecule has 1 aliphatic rings. The van der Waals surface area contributed by atoms with E-state index in [9.17, 15) is 0 Å². The summed E-state index contributed by atoms with van der Waals surface area (Å²) in [6.07, 6.45) is 10.6. The Labute approximate surface area is 116 Å². The highest BCUT2D eigenvalue weighted by atomic mass is 127. The van der Waals surface area contributed by atoms with E-state index in [-0.39, 0.29) is 24.0 Å². The van der Waals surface area contributed by atoms with Crippen LogP contribution >= 0.6 is 24.0 Å². The molecule has 0 spiro atoms. The Hall–Kier alpha value is -0.260. The van der Waals surface area contributed by atoms with Crippen molar-refractivity contribution in [2.24, 2.45) is 4.99 Å². The van der Waals surface area contributed by atoms with Crippen LogP contribution in [0.25, 0.3) is 0 Å². The van der Waals surface area contributed by atoms with Gasteiger partial charge in [-0.15, -0.1) is 24.0 Å². The molecule has 16 heavy (non-hydrogen) atoms. The van der Waals surface area contributed by atoms with Gasteiger partial charge in [-0.25, -0.2) is 0 Å². The summed E-state index contributed by atoms with van der Waals surface area (Å²) in [6.45, 7) is 3.00. The number of aliphatic imine (C=N–C) groups is 1. The molecule has 0 amide bonds. The number of allylic oxidation sites excluding steroid dienone is 1. The number of rotatable bonds is 4.